The van der Waals surface area contributed by atoms with Crippen LogP contribution in [-0.4, -0.2) is 21.2 Å². The van der Waals surface area contributed by atoms with Crippen LogP contribution in [0.4, 0.5) is 4.39 Å². The van der Waals surface area contributed by atoms with Gasteiger partial charge >= 0.3 is 0 Å². The van der Waals surface area contributed by atoms with Crippen LogP contribution in [0.25, 0.3) is 0 Å². The number of halogens is 1. The molecule has 0 amide bonds. The monoisotopic (exact) mass is 215 g/mol. The minimum atomic E-state index is -1.27. The van der Waals surface area contributed by atoms with Crippen molar-refractivity contribution in [2.24, 2.45) is 0 Å². The van der Waals surface area contributed by atoms with Gasteiger partial charge in [-0.2, -0.15) is 5.48 Å². The van der Waals surface area contributed by atoms with E-state index >= 15 is 0 Å². The zero-order valence-corrected chi connectivity index (χ0v) is 7.86. The number of aromatic hydroxyl groups is 2. The summed E-state index contributed by atoms with van der Waals surface area (Å²) in [5, 5.41) is 26.7. The molecule has 0 saturated carbocycles. The number of rotatable bonds is 3. The van der Waals surface area contributed by atoms with Gasteiger partial charge in [-0.3, -0.25) is 4.79 Å². The highest BCUT2D eigenvalue weighted by Crippen LogP contribution is 2.30. The summed E-state index contributed by atoms with van der Waals surface area (Å²) in [6.07, 6.45) is 0. The highest BCUT2D eigenvalue weighted by Gasteiger charge is 2.21. The molecule has 0 fully saturated rings. The molecule has 82 valence electrons. The number of carbonyl (C=O) groups is 1. The summed E-state index contributed by atoms with van der Waals surface area (Å²) in [5.74, 6) is -2.61. The normalized spacial score (nSPS) is 12.5. The Balaban J connectivity index is 3.24. The maximum atomic E-state index is 13.3. The Kier molecular flexibility index (Phi) is 3.23. The first kappa shape index (κ1) is 11.4. The lowest BCUT2D eigenvalue weighted by molar-refractivity contribution is -0.121. The van der Waals surface area contributed by atoms with Crippen molar-refractivity contribution in [1.82, 2.24) is 5.48 Å². The zero-order valence-electron chi connectivity index (χ0n) is 7.86. The zero-order chi connectivity index (χ0) is 11.6. The molecule has 5 nitrogen and oxygen atoms in total. The molecule has 1 atom stereocenters. The lowest BCUT2D eigenvalue weighted by Gasteiger charge is -2.13. The predicted octanol–water partition coefficient (Wildman–Crippen LogP) is 0.846. The second-order valence-corrected chi connectivity index (χ2v) is 3.04. The van der Waals surface area contributed by atoms with Gasteiger partial charge in [0, 0.05) is 11.6 Å². The third-order valence-electron chi connectivity index (χ3n) is 1.94. The van der Waals surface area contributed by atoms with Crippen LogP contribution >= 0.6 is 0 Å². The van der Waals surface area contributed by atoms with Crippen molar-refractivity contribution < 1.29 is 24.6 Å². The second kappa shape index (κ2) is 4.24. The summed E-state index contributed by atoms with van der Waals surface area (Å²) in [5.41, 5.74) is 1.39. The number of phenols is 2. The maximum Gasteiger partial charge on any atom is 0.160 e. The number of nitrogens with one attached hydrogen (secondary N) is 1. The fraction of sp³-hybridized carbons (Fsp3) is 0.222. The molecule has 1 aromatic carbocycles. The smallest absolute Gasteiger partial charge is 0.160 e. The molecule has 0 spiro atoms. The minimum Gasteiger partial charge on any atom is -0.504 e. The van der Waals surface area contributed by atoms with Crippen molar-refractivity contribution in [1.29, 1.82) is 0 Å². The van der Waals surface area contributed by atoms with E-state index in [9.17, 15) is 9.18 Å². The summed E-state index contributed by atoms with van der Waals surface area (Å²) >= 11 is 0. The van der Waals surface area contributed by atoms with Crippen molar-refractivity contribution in [2.75, 3.05) is 0 Å². The third kappa shape index (κ3) is 2.23. The molecule has 0 bridgehead atoms. The van der Waals surface area contributed by atoms with Crippen LogP contribution in [-0.2, 0) is 4.79 Å². The average Bonchev–Trinajstić information content (AvgIpc) is 2.14. The Labute approximate surface area is 84.7 Å². The molecule has 0 aliphatic carbocycles. The molecule has 15 heavy (non-hydrogen) atoms. The summed E-state index contributed by atoms with van der Waals surface area (Å²) in [4.78, 5) is 11.0. The van der Waals surface area contributed by atoms with Gasteiger partial charge in [-0.15, -0.1) is 0 Å². The SMILES string of the molecule is CC(=O)C(NO)c1cc(O)c(O)cc1F. The summed E-state index contributed by atoms with van der Waals surface area (Å²) in [6.45, 7) is 1.15. The van der Waals surface area contributed by atoms with Gasteiger partial charge in [0.2, 0.25) is 0 Å². The highest BCUT2D eigenvalue weighted by atomic mass is 19.1. The molecule has 0 heterocycles. The maximum absolute atomic E-state index is 13.3. The van der Waals surface area contributed by atoms with E-state index in [4.69, 9.17) is 15.4 Å². The number of benzene rings is 1. The first-order valence-electron chi connectivity index (χ1n) is 4.08. The van der Waals surface area contributed by atoms with Crippen molar-refractivity contribution >= 4 is 5.78 Å². The minimum absolute atomic E-state index is 0.236. The molecular weight excluding hydrogens is 205 g/mol. The van der Waals surface area contributed by atoms with E-state index in [1.54, 1.807) is 5.48 Å². The van der Waals surface area contributed by atoms with Gasteiger partial charge in [-0.1, -0.05) is 0 Å². The van der Waals surface area contributed by atoms with E-state index in [0.29, 0.717) is 6.07 Å². The summed E-state index contributed by atoms with van der Waals surface area (Å²) < 4.78 is 13.3. The fourth-order valence-electron chi connectivity index (χ4n) is 1.17. The number of carbonyl (C=O) groups excluding carboxylic acids is 1. The lowest BCUT2D eigenvalue weighted by Crippen LogP contribution is -2.24. The number of ketones is 1. The predicted molar refractivity (Wildman–Crippen MR) is 48.1 cm³/mol. The Morgan fingerprint density at radius 3 is 2.40 bits per heavy atom. The Morgan fingerprint density at radius 2 is 1.93 bits per heavy atom. The fourth-order valence-corrected chi connectivity index (χ4v) is 1.17. The second-order valence-electron chi connectivity index (χ2n) is 3.04. The van der Waals surface area contributed by atoms with E-state index in [0.717, 1.165) is 13.0 Å². The molecule has 1 unspecified atom stereocenters. The lowest BCUT2D eigenvalue weighted by atomic mass is 10.0. The third-order valence-corrected chi connectivity index (χ3v) is 1.94. The summed E-state index contributed by atoms with van der Waals surface area (Å²) in [6, 6.07) is 0.272. The van der Waals surface area contributed by atoms with Gasteiger partial charge in [0.15, 0.2) is 17.3 Å². The van der Waals surface area contributed by atoms with Crippen molar-refractivity contribution in [2.45, 2.75) is 13.0 Å². The van der Waals surface area contributed by atoms with Crippen LogP contribution in [0.2, 0.25) is 0 Å². The molecule has 4 N–H and O–H groups in total. The first-order chi connectivity index (χ1) is 6.97. The van der Waals surface area contributed by atoms with E-state index < -0.39 is 29.1 Å². The molecule has 6 heteroatoms. The number of phenolic OH excluding ortho intramolecular Hbond substituents is 2. The molecule has 0 saturated heterocycles. The first-order valence-corrected chi connectivity index (χ1v) is 4.08. The van der Waals surface area contributed by atoms with Crippen LogP contribution in [0.3, 0.4) is 0 Å². The number of Topliss-reactive ketones (excluding diaryl/α,β-unsaturated/α-hetero) is 1. The van der Waals surface area contributed by atoms with Crippen LogP contribution in [0.5, 0.6) is 11.5 Å². The molecule has 0 aromatic heterocycles. The Hall–Kier alpha value is -1.66. The quantitative estimate of drug-likeness (QED) is 0.443. The molecule has 0 aliphatic rings. The van der Waals surface area contributed by atoms with Gasteiger partial charge < -0.3 is 15.4 Å². The van der Waals surface area contributed by atoms with Crippen LogP contribution in [0.1, 0.15) is 18.5 Å². The molecule has 0 aliphatic heterocycles. The summed E-state index contributed by atoms with van der Waals surface area (Å²) in [7, 11) is 0. The Morgan fingerprint density at radius 1 is 1.40 bits per heavy atom. The van der Waals surface area contributed by atoms with Crippen LogP contribution in [0.15, 0.2) is 12.1 Å². The molecule has 1 rings (SSSR count). The largest absolute Gasteiger partial charge is 0.504 e. The van der Waals surface area contributed by atoms with E-state index in [1.807, 2.05) is 0 Å². The van der Waals surface area contributed by atoms with E-state index in [-0.39, 0.29) is 5.56 Å². The van der Waals surface area contributed by atoms with Crippen LogP contribution < -0.4 is 5.48 Å². The van der Waals surface area contributed by atoms with Crippen molar-refractivity contribution in [3.63, 3.8) is 0 Å². The molecular formula is C9H10FNO4. The van der Waals surface area contributed by atoms with Gasteiger partial charge in [-0.25, -0.2) is 4.39 Å². The van der Waals surface area contributed by atoms with Gasteiger partial charge in [0.1, 0.15) is 11.9 Å². The number of hydrogen-bond donors (Lipinski definition) is 4. The number of hydrogen-bond acceptors (Lipinski definition) is 5. The van der Waals surface area contributed by atoms with E-state index in [2.05, 4.69) is 0 Å². The van der Waals surface area contributed by atoms with Gasteiger partial charge in [-0.05, 0) is 13.0 Å². The van der Waals surface area contributed by atoms with Gasteiger partial charge in [0.25, 0.3) is 0 Å². The van der Waals surface area contributed by atoms with Crippen molar-refractivity contribution in [3.05, 3.63) is 23.5 Å². The molecule has 0 radical (unpaired) electrons. The molecule has 1 aromatic rings. The topological polar surface area (TPSA) is 89.8 Å². The standard InChI is InChI=1S/C9H10FNO4/c1-4(12)9(11-15)5-2-7(13)8(14)3-6(5)10/h2-3,9,11,13-15H,1H3. The van der Waals surface area contributed by atoms with Crippen LogP contribution in [0, 0.1) is 5.82 Å². The average molecular weight is 215 g/mol. The van der Waals surface area contributed by atoms with E-state index in [1.165, 1.54) is 0 Å². The van der Waals surface area contributed by atoms with Crippen molar-refractivity contribution in [3.8, 4) is 11.5 Å². The van der Waals surface area contributed by atoms with Gasteiger partial charge in [0.05, 0.1) is 0 Å². The number of hydroxylamine groups is 1. The highest BCUT2D eigenvalue weighted by molar-refractivity contribution is 5.83. The Bertz CT molecular complexity index is 394.